The predicted molar refractivity (Wildman–Crippen MR) is 78.2 cm³/mol. The summed E-state index contributed by atoms with van der Waals surface area (Å²) in [6, 6.07) is 7.07. The average molecular weight is 288 g/mol. The Morgan fingerprint density at radius 1 is 1.33 bits per heavy atom. The first kappa shape index (κ1) is 13.9. The van der Waals surface area contributed by atoms with Crippen molar-refractivity contribution in [3.63, 3.8) is 0 Å². The number of carbonyl (C=O) groups excluding carboxylic acids is 2. The van der Waals surface area contributed by atoms with Crippen LogP contribution in [0.2, 0.25) is 0 Å². The van der Waals surface area contributed by atoms with Crippen molar-refractivity contribution in [1.82, 2.24) is 10.2 Å². The number of amides is 2. The molecule has 1 saturated heterocycles. The highest BCUT2D eigenvalue weighted by atomic mass is 16.5. The van der Waals surface area contributed by atoms with Crippen LogP contribution in [0.15, 0.2) is 24.3 Å². The summed E-state index contributed by atoms with van der Waals surface area (Å²) in [4.78, 5) is 25.2. The van der Waals surface area contributed by atoms with Crippen LogP contribution in [-0.4, -0.2) is 43.0 Å². The number of likely N-dealkylation sites (tertiary alicyclic amines) is 1. The Labute approximate surface area is 124 Å². The van der Waals surface area contributed by atoms with Gasteiger partial charge >= 0.3 is 0 Å². The first-order valence-corrected chi connectivity index (χ1v) is 7.39. The van der Waals surface area contributed by atoms with Crippen LogP contribution in [0, 0.1) is 5.92 Å². The smallest absolute Gasteiger partial charge is 0.251 e. The number of hydrogen-bond donors (Lipinski definition) is 1. The van der Waals surface area contributed by atoms with Gasteiger partial charge in [-0.05, 0) is 43.0 Å². The van der Waals surface area contributed by atoms with Gasteiger partial charge in [0.05, 0.1) is 12.6 Å². The van der Waals surface area contributed by atoms with E-state index in [4.69, 9.17) is 4.74 Å². The maximum Gasteiger partial charge on any atom is 0.251 e. The summed E-state index contributed by atoms with van der Waals surface area (Å²) in [7, 11) is 1.75. The number of rotatable bonds is 5. The first-order valence-electron chi connectivity index (χ1n) is 7.39. The lowest BCUT2D eigenvalue weighted by Gasteiger charge is -2.12. The second-order valence-electron chi connectivity index (χ2n) is 5.93. The quantitative estimate of drug-likeness (QED) is 0.892. The summed E-state index contributed by atoms with van der Waals surface area (Å²) >= 11 is 0. The minimum atomic E-state index is -0.142. The van der Waals surface area contributed by atoms with Crippen LogP contribution in [0.4, 0.5) is 0 Å². The summed E-state index contributed by atoms with van der Waals surface area (Å²) in [6.07, 6.45) is 2.90. The molecule has 1 N–H and O–H groups in total. The van der Waals surface area contributed by atoms with Gasteiger partial charge in [-0.1, -0.05) is 0 Å². The van der Waals surface area contributed by atoms with Crippen molar-refractivity contribution in [3.8, 4) is 5.75 Å². The molecule has 1 saturated carbocycles. The Morgan fingerprint density at radius 3 is 2.62 bits per heavy atom. The van der Waals surface area contributed by atoms with Crippen molar-refractivity contribution in [2.75, 3.05) is 20.2 Å². The van der Waals surface area contributed by atoms with E-state index in [1.165, 1.54) is 12.8 Å². The molecular formula is C16H20N2O3. The molecule has 1 atom stereocenters. The molecule has 112 valence electrons. The summed E-state index contributed by atoms with van der Waals surface area (Å²) in [5.74, 6) is 1.44. The van der Waals surface area contributed by atoms with Gasteiger partial charge in [-0.25, -0.2) is 0 Å². The summed E-state index contributed by atoms with van der Waals surface area (Å²) in [6.45, 7) is 1.34. The van der Waals surface area contributed by atoms with E-state index in [2.05, 4.69) is 5.32 Å². The van der Waals surface area contributed by atoms with Crippen LogP contribution in [0.5, 0.6) is 5.75 Å². The minimum Gasteiger partial charge on any atom is -0.493 e. The van der Waals surface area contributed by atoms with Gasteiger partial charge in [0.2, 0.25) is 5.91 Å². The Morgan fingerprint density at radius 2 is 2.05 bits per heavy atom. The van der Waals surface area contributed by atoms with Crippen LogP contribution in [0.25, 0.3) is 0 Å². The molecule has 2 fully saturated rings. The Hall–Kier alpha value is -2.04. The molecule has 0 unspecified atom stereocenters. The van der Waals surface area contributed by atoms with E-state index in [0.29, 0.717) is 24.4 Å². The lowest BCUT2D eigenvalue weighted by Crippen LogP contribution is -2.36. The van der Waals surface area contributed by atoms with Gasteiger partial charge in [-0.2, -0.15) is 0 Å². The summed E-state index contributed by atoms with van der Waals surface area (Å²) < 4.78 is 5.64. The molecule has 1 heterocycles. The molecular weight excluding hydrogens is 268 g/mol. The highest BCUT2D eigenvalue weighted by Crippen LogP contribution is 2.29. The third-order valence-electron chi connectivity index (χ3n) is 3.98. The van der Waals surface area contributed by atoms with Crippen molar-refractivity contribution < 1.29 is 14.3 Å². The predicted octanol–water partition coefficient (Wildman–Crippen LogP) is 1.44. The molecule has 1 aliphatic carbocycles. The number of likely N-dealkylation sites (N-methyl/N-ethyl adjacent to an activating group) is 1. The third-order valence-corrected chi connectivity index (χ3v) is 3.98. The summed E-state index contributed by atoms with van der Waals surface area (Å²) in [5.41, 5.74) is 0.593. The van der Waals surface area contributed by atoms with E-state index in [9.17, 15) is 9.59 Å². The SMILES string of the molecule is CN1C[C@@H](NC(=O)c2ccc(OCC3CC3)cc2)CC1=O. The van der Waals surface area contributed by atoms with Gasteiger partial charge in [0, 0.05) is 25.6 Å². The number of nitrogens with zero attached hydrogens (tertiary/aromatic N) is 1. The van der Waals surface area contributed by atoms with E-state index in [-0.39, 0.29) is 17.9 Å². The van der Waals surface area contributed by atoms with E-state index in [0.717, 1.165) is 12.4 Å². The zero-order valence-corrected chi connectivity index (χ0v) is 12.2. The van der Waals surface area contributed by atoms with E-state index in [1.807, 2.05) is 12.1 Å². The monoisotopic (exact) mass is 288 g/mol. The van der Waals surface area contributed by atoms with Crippen LogP contribution < -0.4 is 10.1 Å². The number of hydrogen-bond acceptors (Lipinski definition) is 3. The second kappa shape index (κ2) is 5.76. The van der Waals surface area contributed by atoms with Crippen molar-refractivity contribution >= 4 is 11.8 Å². The fourth-order valence-electron chi connectivity index (χ4n) is 2.43. The van der Waals surface area contributed by atoms with Gasteiger partial charge in [0.25, 0.3) is 5.91 Å². The molecule has 1 aromatic rings. The Bertz CT molecular complexity index is 537. The van der Waals surface area contributed by atoms with E-state index < -0.39 is 0 Å². The fourth-order valence-corrected chi connectivity index (χ4v) is 2.43. The average Bonchev–Trinajstić information content (AvgIpc) is 3.24. The number of benzene rings is 1. The van der Waals surface area contributed by atoms with Gasteiger partial charge in [0.15, 0.2) is 0 Å². The molecule has 1 aliphatic heterocycles. The molecule has 3 rings (SSSR count). The zero-order chi connectivity index (χ0) is 14.8. The molecule has 0 bridgehead atoms. The van der Waals surface area contributed by atoms with Crippen molar-refractivity contribution in [3.05, 3.63) is 29.8 Å². The molecule has 0 aromatic heterocycles. The number of ether oxygens (including phenoxy) is 1. The fraction of sp³-hybridized carbons (Fsp3) is 0.500. The molecule has 0 radical (unpaired) electrons. The van der Waals surface area contributed by atoms with Gasteiger partial charge < -0.3 is 15.0 Å². The van der Waals surface area contributed by atoms with Crippen LogP contribution in [0.1, 0.15) is 29.6 Å². The molecule has 21 heavy (non-hydrogen) atoms. The Balaban J connectivity index is 1.53. The highest BCUT2D eigenvalue weighted by Gasteiger charge is 2.28. The molecule has 5 nitrogen and oxygen atoms in total. The van der Waals surface area contributed by atoms with Crippen molar-refractivity contribution in [2.24, 2.45) is 5.92 Å². The Kier molecular flexibility index (Phi) is 3.82. The van der Waals surface area contributed by atoms with Crippen LogP contribution in [-0.2, 0) is 4.79 Å². The van der Waals surface area contributed by atoms with E-state index in [1.54, 1.807) is 24.1 Å². The van der Waals surface area contributed by atoms with Gasteiger partial charge in [-0.15, -0.1) is 0 Å². The van der Waals surface area contributed by atoms with Crippen molar-refractivity contribution in [2.45, 2.75) is 25.3 Å². The third kappa shape index (κ3) is 3.54. The summed E-state index contributed by atoms with van der Waals surface area (Å²) in [5, 5.41) is 2.89. The topological polar surface area (TPSA) is 58.6 Å². The van der Waals surface area contributed by atoms with Gasteiger partial charge in [-0.3, -0.25) is 9.59 Å². The lowest BCUT2D eigenvalue weighted by atomic mass is 10.2. The zero-order valence-electron chi connectivity index (χ0n) is 12.2. The molecule has 2 aliphatic rings. The van der Waals surface area contributed by atoms with E-state index >= 15 is 0 Å². The van der Waals surface area contributed by atoms with Crippen LogP contribution >= 0.6 is 0 Å². The largest absolute Gasteiger partial charge is 0.493 e. The normalized spacial score (nSPS) is 21.5. The van der Waals surface area contributed by atoms with Crippen LogP contribution in [0.3, 0.4) is 0 Å². The maximum atomic E-state index is 12.1. The van der Waals surface area contributed by atoms with Gasteiger partial charge in [0.1, 0.15) is 5.75 Å². The highest BCUT2D eigenvalue weighted by molar-refractivity contribution is 5.95. The molecule has 0 spiro atoms. The first-order chi connectivity index (χ1) is 10.1. The molecule has 5 heteroatoms. The molecule has 1 aromatic carbocycles. The van der Waals surface area contributed by atoms with Crippen molar-refractivity contribution in [1.29, 1.82) is 0 Å². The second-order valence-corrected chi connectivity index (χ2v) is 5.93. The number of carbonyl (C=O) groups is 2. The number of nitrogens with one attached hydrogen (secondary N) is 1. The minimum absolute atomic E-state index is 0.0733. The standard InChI is InChI=1S/C16H20N2O3/c1-18-9-13(8-15(18)19)17-16(20)12-4-6-14(7-5-12)21-10-11-2-3-11/h4-7,11,13H,2-3,8-10H2,1H3,(H,17,20)/t13-/m0/s1. The lowest BCUT2D eigenvalue weighted by molar-refractivity contribution is -0.126. The maximum absolute atomic E-state index is 12.1. The molecule has 2 amide bonds.